The number of rotatable bonds is 3. The zero-order valence-electron chi connectivity index (χ0n) is 11.4. The number of carbonyl (C=O) groups is 1. The summed E-state index contributed by atoms with van der Waals surface area (Å²) in [5.74, 6) is 0.334. The lowest BCUT2D eigenvalue weighted by atomic mass is 10.0. The van der Waals surface area contributed by atoms with Crippen LogP contribution < -0.4 is 4.74 Å². The summed E-state index contributed by atoms with van der Waals surface area (Å²) in [7, 11) is 0. The van der Waals surface area contributed by atoms with E-state index in [1.54, 1.807) is 4.90 Å². The molecule has 20 heavy (non-hydrogen) atoms. The van der Waals surface area contributed by atoms with Gasteiger partial charge in [-0.25, -0.2) is 4.79 Å². The monoisotopic (exact) mass is 278 g/mol. The predicted molar refractivity (Wildman–Crippen MR) is 73.8 cm³/mol. The molecule has 0 N–H and O–H groups in total. The Bertz CT molecular complexity index is 486. The molecule has 1 fully saturated rings. The summed E-state index contributed by atoms with van der Waals surface area (Å²) in [6, 6.07) is 5.78. The van der Waals surface area contributed by atoms with E-state index in [0.29, 0.717) is 12.3 Å². The van der Waals surface area contributed by atoms with Gasteiger partial charge in [-0.1, -0.05) is 6.92 Å². The second-order valence-electron chi connectivity index (χ2n) is 4.87. The Kier molecular flexibility index (Phi) is 4.55. The van der Waals surface area contributed by atoms with Crippen LogP contribution in [0.1, 0.15) is 32.6 Å². The van der Waals surface area contributed by atoms with Gasteiger partial charge in [0.2, 0.25) is 0 Å². The number of carbonyl (C=O) groups excluding carboxylic acids is 1. The van der Waals surface area contributed by atoms with Crippen LogP contribution >= 0.6 is 0 Å². The Hall–Kier alpha value is -2.11. The summed E-state index contributed by atoms with van der Waals surface area (Å²) < 4.78 is 5.29. The normalized spacial score (nSPS) is 18.6. The van der Waals surface area contributed by atoms with E-state index in [1.165, 1.54) is 24.3 Å². The van der Waals surface area contributed by atoms with Gasteiger partial charge in [-0.05, 0) is 37.8 Å². The molecule has 1 aromatic carbocycles. The third-order valence-electron chi connectivity index (χ3n) is 3.59. The number of non-ortho nitro benzene ring substituents is 1. The molecule has 1 amide bonds. The summed E-state index contributed by atoms with van der Waals surface area (Å²) in [5.41, 5.74) is -0.0193. The first kappa shape index (κ1) is 14.3. The third-order valence-corrected chi connectivity index (χ3v) is 3.59. The van der Waals surface area contributed by atoms with Crippen LogP contribution in [0.4, 0.5) is 10.5 Å². The number of nitro groups is 1. The van der Waals surface area contributed by atoms with Gasteiger partial charge in [0.15, 0.2) is 0 Å². The van der Waals surface area contributed by atoms with Crippen LogP contribution in [-0.4, -0.2) is 28.5 Å². The number of nitrogens with zero attached hydrogens (tertiary/aromatic N) is 2. The molecular formula is C14H18N2O4. The Labute approximate surface area is 117 Å². The molecule has 0 radical (unpaired) electrons. The van der Waals surface area contributed by atoms with Gasteiger partial charge < -0.3 is 9.64 Å². The topological polar surface area (TPSA) is 72.7 Å². The molecule has 1 atom stereocenters. The average Bonchev–Trinajstić information content (AvgIpc) is 2.47. The van der Waals surface area contributed by atoms with E-state index >= 15 is 0 Å². The molecule has 0 aliphatic carbocycles. The highest BCUT2D eigenvalue weighted by molar-refractivity contribution is 5.71. The van der Waals surface area contributed by atoms with Gasteiger partial charge in [0.25, 0.3) is 5.69 Å². The minimum Gasteiger partial charge on any atom is -0.410 e. The van der Waals surface area contributed by atoms with Crippen molar-refractivity contribution in [2.75, 3.05) is 6.54 Å². The SMILES string of the molecule is CCC1CCCCN1C(=O)Oc1ccc([N+](=O)[O-])cc1. The Morgan fingerprint density at radius 2 is 2.10 bits per heavy atom. The molecular weight excluding hydrogens is 260 g/mol. The van der Waals surface area contributed by atoms with Gasteiger partial charge in [0.05, 0.1) is 4.92 Å². The first-order valence-corrected chi connectivity index (χ1v) is 6.84. The molecule has 0 bridgehead atoms. The molecule has 108 valence electrons. The highest BCUT2D eigenvalue weighted by Crippen LogP contribution is 2.22. The van der Waals surface area contributed by atoms with Crippen molar-refractivity contribution in [3.63, 3.8) is 0 Å². The van der Waals surface area contributed by atoms with Crippen molar-refractivity contribution in [3.05, 3.63) is 34.4 Å². The summed E-state index contributed by atoms with van der Waals surface area (Å²) in [4.78, 5) is 24.0. The molecule has 0 aromatic heterocycles. The second kappa shape index (κ2) is 6.36. The lowest BCUT2D eigenvalue weighted by molar-refractivity contribution is -0.384. The summed E-state index contributed by atoms with van der Waals surface area (Å²) in [6.07, 6.45) is 3.68. The molecule has 1 aliphatic rings. The van der Waals surface area contributed by atoms with Crippen LogP contribution in [0.25, 0.3) is 0 Å². The standard InChI is InChI=1S/C14H18N2O4/c1-2-11-5-3-4-10-15(11)14(17)20-13-8-6-12(7-9-13)16(18)19/h6-9,11H,2-5,10H2,1H3. The third kappa shape index (κ3) is 3.26. The molecule has 1 aliphatic heterocycles. The van der Waals surface area contributed by atoms with Crippen LogP contribution in [0.5, 0.6) is 5.75 Å². The second-order valence-corrected chi connectivity index (χ2v) is 4.87. The van der Waals surface area contributed by atoms with Gasteiger partial charge in [0.1, 0.15) is 5.75 Å². The van der Waals surface area contributed by atoms with Gasteiger partial charge in [0, 0.05) is 24.7 Å². The number of amides is 1. The van der Waals surface area contributed by atoms with Crippen LogP contribution in [0.2, 0.25) is 0 Å². The number of likely N-dealkylation sites (tertiary alicyclic amines) is 1. The molecule has 1 heterocycles. The lowest BCUT2D eigenvalue weighted by Crippen LogP contribution is -2.44. The molecule has 0 spiro atoms. The molecule has 6 nitrogen and oxygen atoms in total. The average molecular weight is 278 g/mol. The molecule has 0 saturated carbocycles. The van der Waals surface area contributed by atoms with Gasteiger partial charge >= 0.3 is 6.09 Å². The summed E-state index contributed by atoms with van der Waals surface area (Å²) in [6.45, 7) is 2.77. The predicted octanol–water partition coefficient (Wildman–Crippen LogP) is 3.36. The van der Waals surface area contributed by atoms with E-state index < -0.39 is 4.92 Å². The molecule has 1 saturated heterocycles. The zero-order chi connectivity index (χ0) is 14.5. The number of hydrogen-bond donors (Lipinski definition) is 0. The number of piperidine rings is 1. The van der Waals surface area contributed by atoms with Crippen LogP contribution in [0.3, 0.4) is 0 Å². The maximum atomic E-state index is 12.1. The highest BCUT2D eigenvalue weighted by Gasteiger charge is 2.26. The Morgan fingerprint density at radius 1 is 1.40 bits per heavy atom. The van der Waals surface area contributed by atoms with Gasteiger partial charge in [-0.15, -0.1) is 0 Å². The van der Waals surface area contributed by atoms with E-state index in [9.17, 15) is 14.9 Å². The fourth-order valence-electron chi connectivity index (χ4n) is 2.46. The van der Waals surface area contributed by atoms with E-state index in [2.05, 4.69) is 6.92 Å². The fraction of sp³-hybridized carbons (Fsp3) is 0.500. The maximum absolute atomic E-state index is 12.1. The van der Waals surface area contributed by atoms with Crippen molar-refractivity contribution >= 4 is 11.8 Å². The molecule has 1 unspecified atom stereocenters. The van der Waals surface area contributed by atoms with Crippen LogP contribution in [-0.2, 0) is 0 Å². The van der Waals surface area contributed by atoms with E-state index in [1.807, 2.05) is 0 Å². The lowest BCUT2D eigenvalue weighted by Gasteiger charge is -2.34. The fourth-order valence-corrected chi connectivity index (χ4v) is 2.46. The molecule has 1 aromatic rings. The van der Waals surface area contributed by atoms with Crippen molar-refractivity contribution in [1.82, 2.24) is 4.90 Å². The van der Waals surface area contributed by atoms with E-state index in [4.69, 9.17) is 4.74 Å². The summed E-state index contributed by atoms with van der Waals surface area (Å²) in [5, 5.41) is 10.6. The minimum atomic E-state index is -0.483. The van der Waals surface area contributed by atoms with Crippen molar-refractivity contribution in [2.24, 2.45) is 0 Å². The molecule has 6 heteroatoms. The van der Waals surface area contributed by atoms with Crippen molar-refractivity contribution in [1.29, 1.82) is 0 Å². The van der Waals surface area contributed by atoms with Crippen molar-refractivity contribution in [3.8, 4) is 5.75 Å². The molecule has 2 rings (SSSR count). The number of hydrogen-bond acceptors (Lipinski definition) is 4. The maximum Gasteiger partial charge on any atom is 0.415 e. The van der Waals surface area contributed by atoms with Crippen molar-refractivity contribution < 1.29 is 14.5 Å². The quantitative estimate of drug-likeness (QED) is 0.627. The minimum absolute atomic E-state index is 0.0193. The van der Waals surface area contributed by atoms with Gasteiger partial charge in [-0.3, -0.25) is 10.1 Å². The van der Waals surface area contributed by atoms with Crippen LogP contribution in [0, 0.1) is 10.1 Å². The number of ether oxygens (including phenoxy) is 1. The van der Waals surface area contributed by atoms with Crippen LogP contribution in [0.15, 0.2) is 24.3 Å². The summed E-state index contributed by atoms with van der Waals surface area (Å²) >= 11 is 0. The zero-order valence-corrected chi connectivity index (χ0v) is 11.4. The van der Waals surface area contributed by atoms with E-state index in [0.717, 1.165) is 25.7 Å². The highest BCUT2D eigenvalue weighted by atomic mass is 16.6. The largest absolute Gasteiger partial charge is 0.415 e. The smallest absolute Gasteiger partial charge is 0.410 e. The Balaban J connectivity index is 2.01. The number of benzene rings is 1. The van der Waals surface area contributed by atoms with Crippen molar-refractivity contribution in [2.45, 2.75) is 38.6 Å². The van der Waals surface area contributed by atoms with Gasteiger partial charge in [-0.2, -0.15) is 0 Å². The van der Waals surface area contributed by atoms with E-state index in [-0.39, 0.29) is 17.8 Å². The first-order valence-electron chi connectivity index (χ1n) is 6.84. The number of nitro benzene ring substituents is 1. The Morgan fingerprint density at radius 3 is 2.70 bits per heavy atom. The first-order chi connectivity index (χ1) is 9.61.